The van der Waals surface area contributed by atoms with Crippen LogP contribution in [0.25, 0.3) is 60.1 Å². The van der Waals surface area contributed by atoms with Gasteiger partial charge in [-0.2, -0.15) is 0 Å². The maximum absolute atomic E-state index is 2.67. The summed E-state index contributed by atoms with van der Waals surface area (Å²) in [6.07, 6.45) is 0. The van der Waals surface area contributed by atoms with Crippen molar-refractivity contribution in [2.24, 2.45) is 0 Å². The van der Waals surface area contributed by atoms with E-state index in [-0.39, 0.29) is 6.85 Å². The van der Waals surface area contributed by atoms with Gasteiger partial charge in [0.05, 0.1) is 11.0 Å². The predicted molar refractivity (Wildman–Crippen MR) is 177 cm³/mol. The molecule has 0 unspecified atom stereocenters. The summed E-state index contributed by atoms with van der Waals surface area (Å²) in [5.41, 5.74) is 14.5. The first-order chi connectivity index (χ1) is 20.0. The Hall–Kier alpha value is -4.76. The van der Waals surface area contributed by atoms with Crippen LogP contribution in [0.5, 0.6) is 0 Å². The largest absolute Gasteiger partial charge is 0.375 e. The van der Waals surface area contributed by atoms with Crippen LogP contribution in [0.3, 0.4) is 0 Å². The second-order valence-electron chi connectivity index (χ2n) is 12.0. The van der Waals surface area contributed by atoms with Gasteiger partial charge < -0.3 is 9.05 Å². The van der Waals surface area contributed by atoms with Crippen molar-refractivity contribution >= 4 is 72.2 Å². The van der Waals surface area contributed by atoms with Crippen LogP contribution in [-0.2, 0) is 0 Å². The number of nitrogens with zero attached hydrogens (tertiary/aromatic N) is 2. The normalized spacial score (nSPS) is 12.8. The molecule has 0 atom stereocenters. The zero-order valence-electron chi connectivity index (χ0n) is 23.8. The number of aryl methyl sites for hydroxylation is 4. The number of para-hydroxylation sites is 2. The second-order valence-corrected chi connectivity index (χ2v) is 12.0. The molecule has 1 aliphatic heterocycles. The van der Waals surface area contributed by atoms with Crippen LogP contribution in [0.15, 0.2) is 103 Å². The Kier molecular flexibility index (Phi) is 4.44. The van der Waals surface area contributed by atoms with E-state index in [2.05, 4.69) is 140 Å². The average Bonchev–Trinajstić information content (AvgIpc) is 3.48. The SMILES string of the molecule is Cc1cc(C)c2c(c1)c1cc(C)cc(C)c1n2B1c2ccccc2-n2c3ccc4ccccc4c3c3cccc1c32. The summed E-state index contributed by atoms with van der Waals surface area (Å²) in [5.74, 6) is 0. The summed E-state index contributed by atoms with van der Waals surface area (Å²) >= 11 is 0. The quantitative estimate of drug-likeness (QED) is 0.191. The summed E-state index contributed by atoms with van der Waals surface area (Å²) in [6, 6.07) is 38.9. The van der Waals surface area contributed by atoms with Crippen molar-refractivity contribution in [3.8, 4) is 5.69 Å². The molecule has 2 nitrogen and oxygen atoms in total. The molecule has 1 aliphatic rings. The van der Waals surface area contributed by atoms with Gasteiger partial charge >= 0.3 is 6.85 Å². The van der Waals surface area contributed by atoms with Gasteiger partial charge in [0.2, 0.25) is 0 Å². The molecule has 8 aromatic rings. The Morgan fingerprint density at radius 3 is 1.90 bits per heavy atom. The monoisotopic (exact) mass is 524 g/mol. The molecule has 9 rings (SSSR count). The van der Waals surface area contributed by atoms with E-state index >= 15 is 0 Å². The Labute approximate surface area is 239 Å². The maximum atomic E-state index is 2.67. The molecule has 0 N–H and O–H groups in total. The van der Waals surface area contributed by atoms with E-state index in [0.717, 1.165) is 0 Å². The first kappa shape index (κ1) is 23.0. The minimum Gasteiger partial charge on any atom is -0.375 e. The molecule has 194 valence electrons. The van der Waals surface area contributed by atoms with Gasteiger partial charge in [-0.3, -0.25) is 0 Å². The molecule has 0 amide bonds. The second kappa shape index (κ2) is 7.92. The van der Waals surface area contributed by atoms with Gasteiger partial charge in [-0.15, -0.1) is 0 Å². The highest BCUT2D eigenvalue weighted by atomic mass is 15.0. The van der Waals surface area contributed by atoms with Crippen molar-refractivity contribution in [1.29, 1.82) is 0 Å². The number of aromatic nitrogens is 2. The highest BCUT2D eigenvalue weighted by Crippen LogP contribution is 2.40. The zero-order valence-corrected chi connectivity index (χ0v) is 23.8. The van der Waals surface area contributed by atoms with Crippen LogP contribution in [0.2, 0.25) is 0 Å². The molecule has 0 saturated heterocycles. The van der Waals surface area contributed by atoms with Crippen molar-refractivity contribution in [1.82, 2.24) is 9.05 Å². The highest BCUT2D eigenvalue weighted by molar-refractivity contribution is 6.88. The van der Waals surface area contributed by atoms with Crippen LogP contribution >= 0.6 is 0 Å². The van der Waals surface area contributed by atoms with Crippen LogP contribution in [-0.4, -0.2) is 15.9 Å². The number of benzene rings is 6. The van der Waals surface area contributed by atoms with Gasteiger partial charge in [0.15, 0.2) is 0 Å². The molecular weight excluding hydrogens is 495 g/mol. The molecule has 0 bridgehead atoms. The summed E-state index contributed by atoms with van der Waals surface area (Å²) in [6.45, 7) is 9.06. The van der Waals surface area contributed by atoms with E-state index in [0.29, 0.717) is 0 Å². The van der Waals surface area contributed by atoms with Crippen molar-refractivity contribution in [3.63, 3.8) is 0 Å². The Balaban J connectivity index is 1.52. The van der Waals surface area contributed by atoms with Crippen LogP contribution in [0.4, 0.5) is 0 Å². The molecule has 41 heavy (non-hydrogen) atoms. The Morgan fingerprint density at radius 2 is 1.15 bits per heavy atom. The molecule has 2 aromatic heterocycles. The minimum atomic E-state index is 0.0563. The molecule has 6 aromatic carbocycles. The summed E-state index contributed by atoms with van der Waals surface area (Å²) < 4.78 is 5.20. The average molecular weight is 524 g/mol. The minimum absolute atomic E-state index is 0.0563. The van der Waals surface area contributed by atoms with Gasteiger partial charge in [-0.1, -0.05) is 90.0 Å². The Bertz CT molecular complexity index is 2360. The zero-order chi connectivity index (χ0) is 27.6. The number of hydrogen-bond donors (Lipinski definition) is 0. The van der Waals surface area contributed by atoms with Crippen LogP contribution in [0, 0.1) is 27.7 Å². The molecule has 0 aliphatic carbocycles. The predicted octanol–water partition coefficient (Wildman–Crippen LogP) is 8.25. The van der Waals surface area contributed by atoms with Crippen molar-refractivity contribution < 1.29 is 0 Å². The summed E-state index contributed by atoms with van der Waals surface area (Å²) in [7, 11) is 0. The first-order valence-electron chi connectivity index (χ1n) is 14.6. The Morgan fingerprint density at radius 1 is 0.512 bits per heavy atom. The van der Waals surface area contributed by atoms with Gasteiger partial charge in [0.25, 0.3) is 0 Å². The lowest BCUT2D eigenvalue weighted by Crippen LogP contribution is -2.53. The van der Waals surface area contributed by atoms with Crippen LogP contribution < -0.4 is 10.9 Å². The van der Waals surface area contributed by atoms with E-state index in [9.17, 15) is 0 Å². The third-order valence-electron chi connectivity index (χ3n) is 9.39. The lowest BCUT2D eigenvalue weighted by Gasteiger charge is -2.29. The maximum Gasteiger partial charge on any atom is 0.332 e. The molecule has 0 saturated carbocycles. The number of fused-ring (bicyclic) bond motifs is 10. The molecule has 0 radical (unpaired) electrons. The fraction of sp³-hybridized carbons (Fsp3) is 0.105. The number of rotatable bonds is 1. The highest BCUT2D eigenvalue weighted by Gasteiger charge is 2.36. The molecule has 0 spiro atoms. The number of hydrogen-bond acceptors (Lipinski definition) is 0. The lowest BCUT2D eigenvalue weighted by molar-refractivity contribution is 1.18. The van der Waals surface area contributed by atoms with Gasteiger partial charge in [-0.05, 0) is 84.8 Å². The van der Waals surface area contributed by atoms with Gasteiger partial charge in [-0.25, -0.2) is 0 Å². The third-order valence-corrected chi connectivity index (χ3v) is 9.39. The molecule has 3 heteroatoms. The van der Waals surface area contributed by atoms with E-state index in [1.54, 1.807) is 0 Å². The molecular formula is C38H29BN2. The van der Waals surface area contributed by atoms with E-state index in [1.165, 1.54) is 93.3 Å². The van der Waals surface area contributed by atoms with Crippen molar-refractivity contribution in [2.45, 2.75) is 27.7 Å². The standard InChI is InChI=1S/C38H29BN2/c1-22-18-24(3)36-29(20-22)30-21-23(2)19-25(4)37(30)41(36)39-31-13-7-8-15-33(31)40-34-17-16-26-10-5-6-11-27(26)35(34)28-12-9-14-32(39)38(28)40/h5-21H,1-4H3. The van der Waals surface area contributed by atoms with Crippen molar-refractivity contribution in [3.05, 3.63) is 125 Å². The first-order valence-corrected chi connectivity index (χ1v) is 14.6. The molecule has 0 fully saturated rings. The van der Waals surface area contributed by atoms with E-state index < -0.39 is 0 Å². The summed E-state index contributed by atoms with van der Waals surface area (Å²) in [4.78, 5) is 0. The van der Waals surface area contributed by atoms with E-state index in [4.69, 9.17) is 0 Å². The van der Waals surface area contributed by atoms with Gasteiger partial charge in [0.1, 0.15) is 0 Å². The van der Waals surface area contributed by atoms with Crippen molar-refractivity contribution in [2.75, 3.05) is 0 Å². The summed E-state index contributed by atoms with van der Waals surface area (Å²) in [5, 5.41) is 7.98. The topological polar surface area (TPSA) is 9.86 Å². The van der Waals surface area contributed by atoms with Gasteiger partial charge in [0, 0.05) is 38.3 Å². The molecule has 3 heterocycles. The van der Waals surface area contributed by atoms with E-state index in [1.807, 2.05) is 0 Å². The van der Waals surface area contributed by atoms with Crippen LogP contribution in [0.1, 0.15) is 22.3 Å². The fourth-order valence-electron chi connectivity index (χ4n) is 8.04. The smallest absolute Gasteiger partial charge is 0.332 e. The third kappa shape index (κ3) is 2.88. The lowest BCUT2D eigenvalue weighted by atomic mass is 9.48. The fourth-order valence-corrected chi connectivity index (χ4v) is 8.04.